The van der Waals surface area contributed by atoms with Crippen molar-refractivity contribution in [3.8, 4) is 17.0 Å². The molecule has 1 aromatic carbocycles. The van der Waals surface area contributed by atoms with Gasteiger partial charge in [0.1, 0.15) is 12.0 Å². The summed E-state index contributed by atoms with van der Waals surface area (Å²) in [7, 11) is 1.60. The Kier molecular flexibility index (Phi) is 3.07. The number of nitrogens with zero attached hydrogens (tertiary/aromatic N) is 2. The molecular weight excluding hydrogens is 238 g/mol. The van der Waals surface area contributed by atoms with Crippen LogP contribution in [-0.4, -0.2) is 17.1 Å². The molecule has 98 valence electrons. The first kappa shape index (κ1) is 12.0. The van der Waals surface area contributed by atoms with Crippen molar-refractivity contribution >= 4 is 5.82 Å². The first-order valence-corrected chi connectivity index (χ1v) is 6.55. The van der Waals surface area contributed by atoms with E-state index < -0.39 is 0 Å². The average molecular weight is 255 g/mol. The van der Waals surface area contributed by atoms with Gasteiger partial charge in [0.05, 0.1) is 7.11 Å². The van der Waals surface area contributed by atoms with Gasteiger partial charge in [-0.15, -0.1) is 0 Å². The summed E-state index contributed by atoms with van der Waals surface area (Å²) in [5.74, 6) is 1.59. The van der Waals surface area contributed by atoms with Gasteiger partial charge in [0.15, 0.2) is 11.6 Å². The van der Waals surface area contributed by atoms with Crippen molar-refractivity contribution in [1.29, 1.82) is 0 Å². The molecule has 3 rings (SSSR count). The standard InChI is InChI=1S/C15H17N3O/c1-19-14-13(17-9-18-15(14)16)12-8-3-2-7-11(12)10-5-4-6-10/h2-3,7-10H,4-6H2,1H3,(H2,16,17,18). The second kappa shape index (κ2) is 4.88. The van der Waals surface area contributed by atoms with E-state index in [9.17, 15) is 0 Å². The molecule has 0 saturated heterocycles. The van der Waals surface area contributed by atoms with Crippen molar-refractivity contribution in [2.45, 2.75) is 25.2 Å². The molecule has 1 aliphatic carbocycles. The van der Waals surface area contributed by atoms with Gasteiger partial charge in [-0.2, -0.15) is 0 Å². The summed E-state index contributed by atoms with van der Waals surface area (Å²) >= 11 is 0. The minimum absolute atomic E-state index is 0.385. The molecule has 0 radical (unpaired) electrons. The molecule has 2 aromatic rings. The largest absolute Gasteiger partial charge is 0.491 e. The smallest absolute Gasteiger partial charge is 0.187 e. The first-order chi connectivity index (χ1) is 9.31. The quantitative estimate of drug-likeness (QED) is 0.915. The van der Waals surface area contributed by atoms with E-state index in [4.69, 9.17) is 10.5 Å². The second-order valence-corrected chi connectivity index (χ2v) is 4.86. The Morgan fingerprint density at radius 1 is 1.21 bits per heavy atom. The summed E-state index contributed by atoms with van der Waals surface area (Å²) in [6.45, 7) is 0. The third kappa shape index (κ3) is 2.03. The van der Waals surface area contributed by atoms with Gasteiger partial charge in [-0.05, 0) is 24.3 Å². The molecule has 2 N–H and O–H groups in total. The van der Waals surface area contributed by atoms with Crippen LogP contribution in [-0.2, 0) is 0 Å². The molecule has 4 nitrogen and oxygen atoms in total. The maximum Gasteiger partial charge on any atom is 0.187 e. The molecule has 1 aliphatic rings. The van der Waals surface area contributed by atoms with E-state index in [-0.39, 0.29) is 0 Å². The number of hydrogen-bond acceptors (Lipinski definition) is 4. The molecule has 1 saturated carbocycles. The number of aromatic nitrogens is 2. The van der Waals surface area contributed by atoms with Gasteiger partial charge >= 0.3 is 0 Å². The Morgan fingerprint density at radius 3 is 2.68 bits per heavy atom. The van der Waals surface area contributed by atoms with Crippen LogP contribution in [0.1, 0.15) is 30.7 Å². The zero-order valence-electron chi connectivity index (χ0n) is 11.0. The third-order valence-corrected chi connectivity index (χ3v) is 3.80. The van der Waals surface area contributed by atoms with Crippen molar-refractivity contribution in [3.05, 3.63) is 36.2 Å². The van der Waals surface area contributed by atoms with Crippen molar-refractivity contribution in [2.24, 2.45) is 0 Å². The maximum atomic E-state index is 5.87. The molecule has 19 heavy (non-hydrogen) atoms. The fourth-order valence-corrected chi connectivity index (χ4v) is 2.57. The minimum atomic E-state index is 0.385. The molecule has 0 amide bonds. The predicted octanol–water partition coefficient (Wildman–Crippen LogP) is 3.00. The lowest BCUT2D eigenvalue weighted by atomic mass is 9.77. The Bertz CT molecular complexity index is 594. The van der Waals surface area contributed by atoms with Gasteiger partial charge in [0.2, 0.25) is 0 Å². The van der Waals surface area contributed by atoms with Crippen LogP contribution < -0.4 is 10.5 Å². The Balaban J connectivity index is 2.14. The molecule has 1 heterocycles. The summed E-state index contributed by atoms with van der Waals surface area (Å²) in [5, 5.41) is 0. The number of ether oxygens (including phenoxy) is 1. The van der Waals surface area contributed by atoms with Gasteiger partial charge in [-0.1, -0.05) is 30.7 Å². The molecule has 4 heteroatoms. The molecule has 0 spiro atoms. The van der Waals surface area contributed by atoms with Crippen LogP contribution >= 0.6 is 0 Å². The Morgan fingerprint density at radius 2 is 2.00 bits per heavy atom. The van der Waals surface area contributed by atoms with E-state index in [0.29, 0.717) is 17.5 Å². The predicted molar refractivity (Wildman–Crippen MR) is 75.0 cm³/mol. The van der Waals surface area contributed by atoms with Gasteiger partial charge in [-0.3, -0.25) is 0 Å². The van der Waals surface area contributed by atoms with Crippen molar-refractivity contribution < 1.29 is 4.74 Å². The third-order valence-electron chi connectivity index (χ3n) is 3.80. The number of methoxy groups -OCH3 is 1. The van der Waals surface area contributed by atoms with Crippen LogP contribution in [0, 0.1) is 0 Å². The van der Waals surface area contributed by atoms with Crippen molar-refractivity contribution in [3.63, 3.8) is 0 Å². The fourth-order valence-electron chi connectivity index (χ4n) is 2.57. The Hall–Kier alpha value is -2.10. The van der Waals surface area contributed by atoms with Crippen LogP contribution in [0.4, 0.5) is 5.82 Å². The zero-order chi connectivity index (χ0) is 13.2. The summed E-state index contributed by atoms with van der Waals surface area (Å²) in [5.41, 5.74) is 9.10. The Labute approximate surface area is 112 Å². The van der Waals surface area contributed by atoms with Gasteiger partial charge < -0.3 is 10.5 Å². The van der Waals surface area contributed by atoms with Gasteiger partial charge in [-0.25, -0.2) is 9.97 Å². The fraction of sp³-hybridized carbons (Fsp3) is 0.333. The number of benzene rings is 1. The highest BCUT2D eigenvalue weighted by atomic mass is 16.5. The zero-order valence-corrected chi connectivity index (χ0v) is 11.0. The van der Waals surface area contributed by atoms with Crippen LogP contribution in [0.15, 0.2) is 30.6 Å². The first-order valence-electron chi connectivity index (χ1n) is 6.55. The number of nitrogens with two attached hydrogens (primary N) is 1. The van der Waals surface area contributed by atoms with Crippen LogP contribution in [0.5, 0.6) is 5.75 Å². The molecule has 0 unspecified atom stereocenters. The summed E-state index contributed by atoms with van der Waals surface area (Å²) < 4.78 is 5.37. The number of anilines is 1. The molecule has 0 atom stereocenters. The molecular formula is C15H17N3O. The highest BCUT2D eigenvalue weighted by Gasteiger charge is 2.24. The van der Waals surface area contributed by atoms with E-state index in [1.165, 1.54) is 31.2 Å². The van der Waals surface area contributed by atoms with Crippen molar-refractivity contribution in [2.75, 3.05) is 12.8 Å². The minimum Gasteiger partial charge on any atom is -0.491 e. The highest BCUT2D eigenvalue weighted by Crippen LogP contribution is 2.42. The lowest BCUT2D eigenvalue weighted by Gasteiger charge is -2.28. The summed E-state index contributed by atoms with van der Waals surface area (Å²) in [4.78, 5) is 8.35. The number of rotatable bonds is 3. The van der Waals surface area contributed by atoms with Gasteiger partial charge in [0.25, 0.3) is 0 Å². The number of hydrogen-bond donors (Lipinski definition) is 1. The van der Waals surface area contributed by atoms with E-state index in [1.807, 2.05) is 6.07 Å². The maximum absolute atomic E-state index is 5.87. The average Bonchev–Trinajstić information content (AvgIpc) is 2.37. The molecule has 0 aliphatic heterocycles. The van der Waals surface area contributed by atoms with E-state index in [1.54, 1.807) is 7.11 Å². The molecule has 1 aromatic heterocycles. The molecule has 1 fully saturated rings. The van der Waals surface area contributed by atoms with Crippen molar-refractivity contribution in [1.82, 2.24) is 9.97 Å². The summed E-state index contributed by atoms with van der Waals surface area (Å²) in [6.07, 6.45) is 5.30. The van der Waals surface area contributed by atoms with E-state index in [2.05, 4.69) is 28.2 Å². The second-order valence-electron chi connectivity index (χ2n) is 4.86. The SMILES string of the molecule is COc1c(N)ncnc1-c1ccccc1C1CCC1. The van der Waals surface area contributed by atoms with Crippen LogP contribution in [0.25, 0.3) is 11.3 Å². The number of nitrogen functional groups attached to an aromatic ring is 1. The summed E-state index contributed by atoms with van der Waals surface area (Å²) in [6, 6.07) is 8.36. The van der Waals surface area contributed by atoms with Crippen LogP contribution in [0.3, 0.4) is 0 Å². The van der Waals surface area contributed by atoms with E-state index >= 15 is 0 Å². The molecule has 0 bridgehead atoms. The highest BCUT2D eigenvalue weighted by molar-refractivity contribution is 5.74. The van der Waals surface area contributed by atoms with E-state index in [0.717, 1.165) is 11.3 Å². The topological polar surface area (TPSA) is 61.0 Å². The monoisotopic (exact) mass is 255 g/mol. The van der Waals surface area contributed by atoms with Gasteiger partial charge in [0, 0.05) is 5.56 Å². The normalized spacial score (nSPS) is 15.0. The van der Waals surface area contributed by atoms with Crippen LogP contribution in [0.2, 0.25) is 0 Å². The lowest BCUT2D eigenvalue weighted by molar-refractivity contribution is 0.412. The lowest BCUT2D eigenvalue weighted by Crippen LogP contribution is -2.10.